The second-order valence-corrected chi connectivity index (χ2v) is 8.08. The van der Waals surface area contributed by atoms with Crippen molar-refractivity contribution in [1.82, 2.24) is 4.31 Å². The SMILES string of the molecule is COc1ccc(OC(=O)c2ccc(F)c(S(=O)(=O)N3CCCCC3)c2)cc1. The molecule has 1 aliphatic rings. The Balaban J connectivity index is 1.84. The minimum Gasteiger partial charge on any atom is -0.497 e. The van der Waals surface area contributed by atoms with E-state index in [0.717, 1.165) is 31.4 Å². The van der Waals surface area contributed by atoms with Crippen molar-refractivity contribution in [2.45, 2.75) is 24.2 Å². The standard InChI is InChI=1S/C19H20FNO5S/c1-25-15-6-8-16(9-7-15)26-19(22)14-5-10-17(20)18(13-14)27(23,24)21-11-3-2-4-12-21/h5-10,13H,2-4,11-12H2,1H3. The van der Waals surface area contributed by atoms with Crippen LogP contribution in [0.15, 0.2) is 47.4 Å². The van der Waals surface area contributed by atoms with Crippen molar-refractivity contribution in [2.24, 2.45) is 0 Å². The Kier molecular flexibility index (Phi) is 5.76. The van der Waals surface area contributed by atoms with Gasteiger partial charge in [-0.15, -0.1) is 0 Å². The molecule has 1 heterocycles. The maximum atomic E-state index is 14.2. The smallest absolute Gasteiger partial charge is 0.343 e. The van der Waals surface area contributed by atoms with Gasteiger partial charge in [-0.05, 0) is 55.3 Å². The first kappa shape index (κ1) is 19.3. The summed E-state index contributed by atoms with van der Waals surface area (Å²) in [5.74, 6) is -0.783. The molecule has 0 saturated carbocycles. The van der Waals surface area contributed by atoms with Crippen LogP contribution < -0.4 is 9.47 Å². The summed E-state index contributed by atoms with van der Waals surface area (Å²) >= 11 is 0. The quantitative estimate of drug-likeness (QED) is 0.576. The zero-order valence-corrected chi connectivity index (χ0v) is 15.7. The largest absolute Gasteiger partial charge is 0.497 e. The number of rotatable bonds is 5. The van der Waals surface area contributed by atoms with Gasteiger partial charge in [0.15, 0.2) is 0 Å². The van der Waals surface area contributed by atoms with Gasteiger partial charge < -0.3 is 9.47 Å². The zero-order valence-electron chi connectivity index (χ0n) is 14.9. The van der Waals surface area contributed by atoms with Crippen molar-refractivity contribution in [2.75, 3.05) is 20.2 Å². The van der Waals surface area contributed by atoms with Gasteiger partial charge in [-0.25, -0.2) is 17.6 Å². The van der Waals surface area contributed by atoms with E-state index in [4.69, 9.17) is 9.47 Å². The van der Waals surface area contributed by atoms with Crippen LogP contribution in [-0.4, -0.2) is 38.9 Å². The van der Waals surface area contributed by atoms with E-state index < -0.39 is 26.7 Å². The summed E-state index contributed by atoms with van der Waals surface area (Å²) in [7, 11) is -2.48. The van der Waals surface area contributed by atoms with Gasteiger partial charge in [0.05, 0.1) is 12.7 Å². The maximum Gasteiger partial charge on any atom is 0.343 e. The van der Waals surface area contributed by atoms with Crippen LogP contribution >= 0.6 is 0 Å². The highest BCUT2D eigenvalue weighted by molar-refractivity contribution is 7.89. The molecule has 1 saturated heterocycles. The second-order valence-electron chi connectivity index (χ2n) is 6.17. The van der Waals surface area contributed by atoms with Crippen LogP contribution in [0.1, 0.15) is 29.6 Å². The van der Waals surface area contributed by atoms with Crippen molar-refractivity contribution in [3.63, 3.8) is 0 Å². The van der Waals surface area contributed by atoms with Crippen molar-refractivity contribution in [3.05, 3.63) is 53.8 Å². The summed E-state index contributed by atoms with van der Waals surface area (Å²) in [5, 5.41) is 0. The van der Waals surface area contributed by atoms with Gasteiger partial charge in [-0.2, -0.15) is 4.31 Å². The van der Waals surface area contributed by atoms with Crippen LogP contribution in [0.2, 0.25) is 0 Å². The summed E-state index contributed by atoms with van der Waals surface area (Å²) in [5.41, 5.74) is -0.0391. The lowest BCUT2D eigenvalue weighted by atomic mass is 10.2. The third-order valence-electron chi connectivity index (χ3n) is 4.37. The monoisotopic (exact) mass is 393 g/mol. The van der Waals surface area contributed by atoms with Gasteiger partial charge in [0.25, 0.3) is 0 Å². The minimum atomic E-state index is -4.00. The number of ether oxygens (including phenoxy) is 2. The Hall–Kier alpha value is -2.45. The fraction of sp³-hybridized carbons (Fsp3) is 0.316. The highest BCUT2D eigenvalue weighted by Gasteiger charge is 2.29. The number of sulfonamides is 1. The van der Waals surface area contributed by atoms with E-state index in [0.29, 0.717) is 18.8 Å². The average Bonchev–Trinajstić information content (AvgIpc) is 2.69. The van der Waals surface area contributed by atoms with E-state index in [2.05, 4.69) is 0 Å². The molecule has 0 aliphatic carbocycles. The first-order chi connectivity index (χ1) is 12.9. The van der Waals surface area contributed by atoms with Crippen LogP contribution in [0.5, 0.6) is 11.5 Å². The number of piperidine rings is 1. The molecular formula is C19H20FNO5S. The van der Waals surface area contributed by atoms with Gasteiger partial charge in [-0.3, -0.25) is 0 Å². The van der Waals surface area contributed by atoms with Crippen molar-refractivity contribution in [3.8, 4) is 11.5 Å². The lowest BCUT2D eigenvalue weighted by molar-refractivity contribution is 0.0734. The molecule has 0 spiro atoms. The number of carbonyl (C=O) groups excluding carboxylic acids is 1. The van der Waals surface area contributed by atoms with Gasteiger partial charge >= 0.3 is 5.97 Å². The summed E-state index contributed by atoms with van der Waals surface area (Å²) in [4.78, 5) is 11.8. The molecule has 2 aromatic rings. The van der Waals surface area contributed by atoms with Gasteiger partial charge in [0.1, 0.15) is 22.2 Å². The molecular weight excluding hydrogens is 373 g/mol. The number of methoxy groups -OCH3 is 1. The normalized spacial score (nSPS) is 15.3. The summed E-state index contributed by atoms with van der Waals surface area (Å²) in [6.07, 6.45) is 2.42. The van der Waals surface area contributed by atoms with Crippen molar-refractivity contribution >= 4 is 16.0 Å². The number of halogens is 1. The number of carbonyl (C=O) groups is 1. The molecule has 2 aromatic carbocycles. The van der Waals surface area contributed by atoms with Crippen LogP contribution in [0.25, 0.3) is 0 Å². The number of hydrogen-bond acceptors (Lipinski definition) is 5. The molecule has 0 atom stereocenters. The fourth-order valence-corrected chi connectivity index (χ4v) is 4.49. The van der Waals surface area contributed by atoms with Gasteiger partial charge in [0.2, 0.25) is 10.0 Å². The zero-order chi connectivity index (χ0) is 19.4. The van der Waals surface area contributed by atoms with Crippen LogP contribution in [0, 0.1) is 5.82 Å². The van der Waals surface area contributed by atoms with Crippen LogP contribution in [0.4, 0.5) is 4.39 Å². The van der Waals surface area contributed by atoms with Crippen LogP contribution in [0.3, 0.4) is 0 Å². The summed E-state index contributed by atoms with van der Waals surface area (Å²) in [6, 6.07) is 9.55. The molecule has 144 valence electrons. The van der Waals surface area contributed by atoms with E-state index >= 15 is 0 Å². The summed E-state index contributed by atoms with van der Waals surface area (Å²) < 4.78 is 51.2. The first-order valence-electron chi connectivity index (χ1n) is 8.58. The molecule has 1 fully saturated rings. The van der Waals surface area contributed by atoms with Crippen molar-refractivity contribution < 1.29 is 27.1 Å². The lowest BCUT2D eigenvalue weighted by Crippen LogP contribution is -2.36. The van der Waals surface area contributed by atoms with Crippen molar-refractivity contribution in [1.29, 1.82) is 0 Å². The maximum absolute atomic E-state index is 14.2. The van der Waals surface area contributed by atoms with E-state index in [-0.39, 0.29) is 11.3 Å². The van der Waals surface area contributed by atoms with E-state index in [1.807, 2.05) is 0 Å². The third kappa shape index (κ3) is 4.28. The number of esters is 1. The number of benzene rings is 2. The van der Waals surface area contributed by atoms with E-state index in [9.17, 15) is 17.6 Å². The molecule has 0 aromatic heterocycles. The predicted octanol–water partition coefficient (Wildman–Crippen LogP) is 3.23. The topological polar surface area (TPSA) is 72.9 Å². The molecule has 6 nitrogen and oxygen atoms in total. The molecule has 0 N–H and O–H groups in total. The Labute approximate surface area is 157 Å². The Morgan fingerprint density at radius 2 is 1.63 bits per heavy atom. The average molecular weight is 393 g/mol. The highest BCUT2D eigenvalue weighted by Crippen LogP contribution is 2.25. The highest BCUT2D eigenvalue weighted by atomic mass is 32.2. The Bertz CT molecular complexity index is 922. The first-order valence-corrected chi connectivity index (χ1v) is 10.0. The molecule has 0 bridgehead atoms. The third-order valence-corrected chi connectivity index (χ3v) is 6.28. The van der Waals surface area contributed by atoms with Crippen LogP contribution in [-0.2, 0) is 10.0 Å². The van der Waals surface area contributed by atoms with E-state index in [1.165, 1.54) is 17.5 Å². The van der Waals surface area contributed by atoms with Gasteiger partial charge in [0, 0.05) is 13.1 Å². The minimum absolute atomic E-state index is 0.0391. The summed E-state index contributed by atoms with van der Waals surface area (Å²) in [6.45, 7) is 0.699. The predicted molar refractivity (Wildman–Crippen MR) is 97.0 cm³/mol. The molecule has 8 heteroatoms. The number of nitrogens with zero attached hydrogens (tertiary/aromatic N) is 1. The molecule has 0 unspecified atom stereocenters. The number of hydrogen-bond donors (Lipinski definition) is 0. The Morgan fingerprint density at radius 3 is 2.26 bits per heavy atom. The molecule has 27 heavy (non-hydrogen) atoms. The van der Waals surface area contributed by atoms with E-state index in [1.54, 1.807) is 24.3 Å². The fourth-order valence-electron chi connectivity index (χ4n) is 2.88. The molecule has 0 radical (unpaired) electrons. The Morgan fingerprint density at radius 1 is 1.00 bits per heavy atom. The molecule has 0 amide bonds. The molecule has 3 rings (SSSR count). The molecule has 1 aliphatic heterocycles. The second kappa shape index (κ2) is 8.06. The van der Waals surface area contributed by atoms with Gasteiger partial charge in [-0.1, -0.05) is 6.42 Å². The lowest BCUT2D eigenvalue weighted by Gasteiger charge is -2.26.